The van der Waals surface area contributed by atoms with Crippen LogP contribution in [0.3, 0.4) is 0 Å². The Balaban J connectivity index is 1.62. The highest BCUT2D eigenvalue weighted by atomic mass is 32.2. The van der Waals surface area contributed by atoms with Crippen molar-refractivity contribution in [2.45, 2.75) is 31.1 Å². The predicted octanol–water partition coefficient (Wildman–Crippen LogP) is 4.76. The molecule has 0 radical (unpaired) electrons. The number of hydrogen-bond acceptors (Lipinski definition) is 5. The van der Waals surface area contributed by atoms with Gasteiger partial charge in [-0.1, -0.05) is 43.7 Å². The van der Waals surface area contributed by atoms with Crippen molar-refractivity contribution in [3.63, 3.8) is 0 Å². The number of aryl methyl sites for hydroxylation is 1. The van der Waals surface area contributed by atoms with Gasteiger partial charge < -0.3 is 10.1 Å². The van der Waals surface area contributed by atoms with E-state index in [1.165, 1.54) is 36.4 Å². The number of hydrogen-bond donors (Lipinski definition) is 2. The maximum atomic E-state index is 13.6. The van der Waals surface area contributed by atoms with Crippen LogP contribution in [0.15, 0.2) is 77.7 Å². The van der Waals surface area contributed by atoms with Gasteiger partial charge in [0.2, 0.25) is 0 Å². The van der Waals surface area contributed by atoms with Crippen molar-refractivity contribution in [3.8, 4) is 0 Å². The third-order valence-corrected chi connectivity index (χ3v) is 6.27. The van der Waals surface area contributed by atoms with Gasteiger partial charge in [-0.2, -0.15) is 0 Å². The number of amides is 1. The van der Waals surface area contributed by atoms with Crippen molar-refractivity contribution >= 4 is 33.3 Å². The largest absolute Gasteiger partial charge is 0.452 e. The van der Waals surface area contributed by atoms with Crippen molar-refractivity contribution in [2.75, 3.05) is 16.6 Å². The van der Waals surface area contributed by atoms with Crippen LogP contribution in [-0.2, 0) is 26.0 Å². The van der Waals surface area contributed by atoms with Crippen LogP contribution in [-0.4, -0.2) is 26.9 Å². The summed E-state index contributed by atoms with van der Waals surface area (Å²) in [6.45, 7) is 1.44. The summed E-state index contributed by atoms with van der Waals surface area (Å²) in [5.41, 5.74) is 1.43. The number of anilines is 2. The number of esters is 1. The molecule has 178 valence electrons. The zero-order valence-electron chi connectivity index (χ0n) is 18.6. The minimum absolute atomic E-state index is 0.0406. The van der Waals surface area contributed by atoms with E-state index in [-0.39, 0.29) is 16.1 Å². The number of carbonyl (C=O) groups excluding carboxylic acids is 2. The lowest BCUT2D eigenvalue weighted by Gasteiger charge is -2.10. The quantitative estimate of drug-likeness (QED) is 0.404. The molecule has 0 bridgehead atoms. The Morgan fingerprint density at radius 2 is 1.71 bits per heavy atom. The molecule has 0 saturated heterocycles. The molecule has 0 heterocycles. The molecule has 0 spiro atoms. The summed E-state index contributed by atoms with van der Waals surface area (Å²) in [6, 6.07) is 18.0. The summed E-state index contributed by atoms with van der Waals surface area (Å²) in [4.78, 5) is 24.2. The Morgan fingerprint density at radius 3 is 2.41 bits per heavy atom. The summed E-state index contributed by atoms with van der Waals surface area (Å²) in [5, 5.41) is 2.30. The lowest BCUT2D eigenvalue weighted by atomic mass is 10.1. The first-order valence-electron chi connectivity index (χ1n) is 10.7. The van der Waals surface area contributed by atoms with E-state index in [9.17, 15) is 22.4 Å². The molecule has 7 nitrogen and oxygen atoms in total. The number of nitrogens with one attached hydrogen (secondary N) is 2. The number of benzene rings is 3. The Kier molecular flexibility index (Phi) is 8.37. The van der Waals surface area contributed by atoms with Gasteiger partial charge in [-0.25, -0.2) is 17.6 Å². The van der Waals surface area contributed by atoms with Crippen LogP contribution in [0.25, 0.3) is 0 Å². The average Bonchev–Trinajstić information content (AvgIpc) is 2.83. The highest BCUT2D eigenvalue weighted by molar-refractivity contribution is 7.92. The van der Waals surface area contributed by atoms with Gasteiger partial charge in [0.1, 0.15) is 5.82 Å². The van der Waals surface area contributed by atoms with Gasteiger partial charge >= 0.3 is 5.97 Å². The minimum Gasteiger partial charge on any atom is -0.452 e. The second-order valence-corrected chi connectivity index (χ2v) is 9.22. The van der Waals surface area contributed by atoms with Crippen LogP contribution >= 0.6 is 0 Å². The molecule has 3 rings (SSSR count). The Hall–Kier alpha value is -3.72. The summed E-state index contributed by atoms with van der Waals surface area (Å²) < 4.78 is 46.6. The van der Waals surface area contributed by atoms with E-state index in [0.29, 0.717) is 5.69 Å². The Morgan fingerprint density at radius 1 is 0.971 bits per heavy atom. The standard InChI is InChI=1S/C25H25FN2O5S/c1-2-3-7-18-12-14-20(15-13-18)28-34(31,32)21-9-6-8-19(16-21)25(30)33-17-24(29)27-23-11-5-4-10-22(23)26/h4-6,8-16,28H,2-3,7,17H2,1H3,(H,27,29). The van der Waals surface area contributed by atoms with E-state index in [0.717, 1.165) is 30.9 Å². The first kappa shape index (κ1) is 24.9. The lowest BCUT2D eigenvalue weighted by molar-refractivity contribution is -0.119. The maximum absolute atomic E-state index is 13.6. The zero-order chi connectivity index (χ0) is 24.6. The van der Waals surface area contributed by atoms with Crippen LogP contribution < -0.4 is 10.0 Å². The highest BCUT2D eigenvalue weighted by Crippen LogP contribution is 2.19. The molecule has 0 aliphatic carbocycles. The van der Waals surface area contributed by atoms with Crippen molar-refractivity contribution < 1.29 is 27.1 Å². The molecule has 0 saturated carbocycles. The summed E-state index contributed by atoms with van der Waals surface area (Å²) in [7, 11) is -3.95. The normalized spacial score (nSPS) is 11.0. The fourth-order valence-corrected chi connectivity index (χ4v) is 4.19. The topological polar surface area (TPSA) is 102 Å². The van der Waals surface area contributed by atoms with E-state index >= 15 is 0 Å². The van der Waals surface area contributed by atoms with Crippen LogP contribution in [0.5, 0.6) is 0 Å². The highest BCUT2D eigenvalue weighted by Gasteiger charge is 2.18. The van der Waals surface area contributed by atoms with E-state index in [4.69, 9.17) is 4.74 Å². The molecule has 1 amide bonds. The fourth-order valence-electron chi connectivity index (χ4n) is 3.09. The van der Waals surface area contributed by atoms with Crippen LogP contribution in [0.4, 0.5) is 15.8 Å². The van der Waals surface area contributed by atoms with Crippen molar-refractivity contribution in [1.82, 2.24) is 0 Å². The van der Waals surface area contributed by atoms with E-state index in [2.05, 4.69) is 17.0 Å². The molecular formula is C25H25FN2O5S. The maximum Gasteiger partial charge on any atom is 0.338 e. The lowest BCUT2D eigenvalue weighted by Crippen LogP contribution is -2.21. The van der Waals surface area contributed by atoms with Gasteiger partial charge in [0.05, 0.1) is 16.1 Å². The van der Waals surface area contributed by atoms with Crippen LogP contribution in [0, 0.1) is 5.82 Å². The molecule has 0 aromatic heterocycles. The molecule has 0 aliphatic rings. The smallest absolute Gasteiger partial charge is 0.338 e. The van der Waals surface area contributed by atoms with Gasteiger partial charge in [0, 0.05) is 5.69 Å². The van der Waals surface area contributed by atoms with E-state index < -0.39 is 34.3 Å². The number of carbonyl (C=O) groups is 2. The molecule has 3 aromatic carbocycles. The third-order valence-electron chi connectivity index (χ3n) is 4.89. The SMILES string of the molecule is CCCCc1ccc(NS(=O)(=O)c2cccc(C(=O)OCC(=O)Nc3ccccc3F)c2)cc1. The Labute approximate surface area is 198 Å². The predicted molar refractivity (Wildman–Crippen MR) is 128 cm³/mol. The molecule has 0 fully saturated rings. The first-order chi connectivity index (χ1) is 16.3. The number of para-hydroxylation sites is 1. The molecule has 3 aromatic rings. The number of rotatable bonds is 10. The monoisotopic (exact) mass is 484 g/mol. The van der Waals surface area contributed by atoms with Gasteiger partial charge in [-0.3, -0.25) is 9.52 Å². The molecular weight excluding hydrogens is 459 g/mol. The fraction of sp³-hybridized carbons (Fsp3) is 0.200. The van der Waals surface area contributed by atoms with E-state index in [1.807, 2.05) is 12.1 Å². The number of sulfonamides is 1. The molecule has 0 atom stereocenters. The average molecular weight is 485 g/mol. The molecule has 9 heteroatoms. The number of unbranched alkanes of at least 4 members (excludes halogenated alkanes) is 1. The number of halogens is 1. The van der Waals surface area contributed by atoms with Crippen LogP contribution in [0.1, 0.15) is 35.7 Å². The third kappa shape index (κ3) is 6.89. The first-order valence-corrected chi connectivity index (χ1v) is 12.2. The summed E-state index contributed by atoms with van der Waals surface area (Å²) >= 11 is 0. The molecule has 2 N–H and O–H groups in total. The van der Waals surface area contributed by atoms with Gasteiger partial charge in [0.25, 0.3) is 15.9 Å². The zero-order valence-corrected chi connectivity index (χ0v) is 19.4. The van der Waals surface area contributed by atoms with Gasteiger partial charge in [0.15, 0.2) is 6.61 Å². The second-order valence-electron chi connectivity index (χ2n) is 7.54. The van der Waals surface area contributed by atoms with E-state index in [1.54, 1.807) is 18.2 Å². The van der Waals surface area contributed by atoms with Gasteiger partial charge in [-0.05, 0) is 60.9 Å². The molecule has 34 heavy (non-hydrogen) atoms. The molecule has 0 unspecified atom stereocenters. The number of ether oxygens (including phenoxy) is 1. The van der Waals surface area contributed by atoms with Crippen LogP contribution in [0.2, 0.25) is 0 Å². The summed E-state index contributed by atoms with van der Waals surface area (Å²) in [5.74, 6) is -2.24. The van der Waals surface area contributed by atoms with Gasteiger partial charge in [-0.15, -0.1) is 0 Å². The molecule has 0 aliphatic heterocycles. The minimum atomic E-state index is -3.95. The second kappa shape index (κ2) is 11.4. The Bertz CT molecular complexity index is 1260. The van der Waals surface area contributed by atoms with Crippen molar-refractivity contribution in [2.24, 2.45) is 0 Å². The van der Waals surface area contributed by atoms with Crippen molar-refractivity contribution in [1.29, 1.82) is 0 Å². The summed E-state index contributed by atoms with van der Waals surface area (Å²) in [6.07, 6.45) is 3.05. The van der Waals surface area contributed by atoms with Crippen molar-refractivity contribution in [3.05, 3.63) is 89.7 Å².